The third kappa shape index (κ3) is 4.32. The van der Waals surface area contributed by atoms with Crippen molar-refractivity contribution in [2.75, 3.05) is 12.5 Å². The molecule has 1 aliphatic heterocycles. The highest BCUT2D eigenvalue weighted by molar-refractivity contribution is 7.99. The Morgan fingerprint density at radius 1 is 1.28 bits per heavy atom. The molecule has 0 radical (unpaired) electrons. The van der Waals surface area contributed by atoms with E-state index in [1.54, 1.807) is 9.25 Å². The number of fused-ring (bicyclic) bond motifs is 2. The zero-order valence-electron chi connectivity index (χ0n) is 18.7. The monoisotopic (exact) mass is 457 g/mol. The number of nitrogens with zero attached hydrogens (tertiary/aromatic N) is 4. The van der Waals surface area contributed by atoms with Gasteiger partial charge in [-0.2, -0.15) is 5.10 Å². The normalized spacial score (nSPS) is 13.5. The fraction of sp³-hybridized carbons (Fsp3) is 0.455. The highest BCUT2D eigenvalue weighted by Crippen LogP contribution is 2.33. The lowest BCUT2D eigenvalue weighted by atomic mass is 10.2. The Hall–Kier alpha value is -3.01. The molecule has 1 amide bonds. The SMILES string of the molecule is CC[C@@H](C)NC(=O)CSc1nc2c(C)nn(CC)c2c(=O)n1Cc1ccc2c(c1)OCO2. The zero-order valence-corrected chi connectivity index (χ0v) is 19.5. The van der Waals surface area contributed by atoms with Gasteiger partial charge in [0.1, 0.15) is 5.52 Å². The van der Waals surface area contributed by atoms with Crippen molar-refractivity contribution in [1.82, 2.24) is 24.6 Å². The molecule has 0 aliphatic carbocycles. The predicted molar refractivity (Wildman–Crippen MR) is 122 cm³/mol. The van der Waals surface area contributed by atoms with Gasteiger partial charge in [-0.25, -0.2) is 4.98 Å². The summed E-state index contributed by atoms with van der Waals surface area (Å²) in [5, 5.41) is 7.90. The van der Waals surface area contributed by atoms with Gasteiger partial charge in [-0.1, -0.05) is 24.8 Å². The van der Waals surface area contributed by atoms with Gasteiger partial charge in [0.25, 0.3) is 5.56 Å². The molecule has 4 rings (SSSR count). The molecule has 32 heavy (non-hydrogen) atoms. The van der Waals surface area contributed by atoms with E-state index in [2.05, 4.69) is 10.4 Å². The van der Waals surface area contributed by atoms with E-state index in [1.165, 1.54) is 11.8 Å². The summed E-state index contributed by atoms with van der Waals surface area (Å²) in [5.74, 6) is 1.42. The summed E-state index contributed by atoms with van der Waals surface area (Å²) in [6.07, 6.45) is 0.852. The minimum absolute atomic E-state index is 0.0886. The number of ether oxygens (including phenoxy) is 2. The second-order valence-corrected chi connectivity index (χ2v) is 8.68. The van der Waals surface area contributed by atoms with E-state index in [9.17, 15) is 9.59 Å². The van der Waals surface area contributed by atoms with Crippen molar-refractivity contribution in [3.8, 4) is 11.5 Å². The lowest BCUT2D eigenvalue weighted by molar-refractivity contribution is -0.119. The maximum absolute atomic E-state index is 13.5. The van der Waals surface area contributed by atoms with E-state index in [4.69, 9.17) is 14.5 Å². The van der Waals surface area contributed by atoms with Crippen LogP contribution in [0.15, 0.2) is 28.2 Å². The smallest absolute Gasteiger partial charge is 0.280 e. The molecule has 10 heteroatoms. The first-order chi connectivity index (χ1) is 15.4. The molecule has 1 atom stereocenters. The number of carbonyl (C=O) groups is 1. The summed E-state index contributed by atoms with van der Waals surface area (Å²) >= 11 is 1.25. The molecule has 3 heterocycles. The standard InChI is InChI=1S/C22H27N5O4S/c1-5-13(3)23-18(28)11-32-22-24-19-14(4)25-27(6-2)20(19)21(29)26(22)10-15-7-8-16-17(9-15)31-12-30-16/h7-9,13H,5-6,10-12H2,1-4H3,(H,23,28)/t13-/m1/s1. The van der Waals surface area contributed by atoms with Crippen LogP contribution in [0.3, 0.4) is 0 Å². The van der Waals surface area contributed by atoms with Crippen molar-refractivity contribution >= 4 is 28.7 Å². The molecule has 9 nitrogen and oxygen atoms in total. The lowest BCUT2D eigenvalue weighted by Gasteiger charge is -2.14. The first-order valence-electron chi connectivity index (χ1n) is 10.7. The Kier molecular flexibility index (Phi) is 6.40. The van der Waals surface area contributed by atoms with Crippen LogP contribution in [0.25, 0.3) is 11.0 Å². The van der Waals surface area contributed by atoms with Crippen molar-refractivity contribution in [1.29, 1.82) is 0 Å². The van der Waals surface area contributed by atoms with Crippen molar-refractivity contribution in [3.63, 3.8) is 0 Å². The first-order valence-corrected chi connectivity index (χ1v) is 11.7. The van der Waals surface area contributed by atoms with Crippen molar-refractivity contribution < 1.29 is 14.3 Å². The van der Waals surface area contributed by atoms with Gasteiger partial charge in [-0.15, -0.1) is 0 Å². The molecule has 2 aromatic heterocycles. The number of aryl methyl sites for hydroxylation is 2. The third-order valence-electron chi connectivity index (χ3n) is 5.41. The topological polar surface area (TPSA) is 100 Å². The van der Waals surface area contributed by atoms with Gasteiger partial charge in [0.2, 0.25) is 12.7 Å². The number of benzene rings is 1. The average molecular weight is 458 g/mol. The van der Waals surface area contributed by atoms with E-state index in [0.29, 0.717) is 46.5 Å². The largest absolute Gasteiger partial charge is 0.454 e. The van der Waals surface area contributed by atoms with E-state index in [0.717, 1.165) is 12.0 Å². The number of rotatable bonds is 8. The minimum Gasteiger partial charge on any atom is -0.454 e. The third-order valence-corrected chi connectivity index (χ3v) is 6.39. The average Bonchev–Trinajstić information content (AvgIpc) is 3.38. The summed E-state index contributed by atoms with van der Waals surface area (Å²) in [6, 6.07) is 5.70. The summed E-state index contributed by atoms with van der Waals surface area (Å²) < 4.78 is 14.1. The van der Waals surface area contributed by atoms with Crippen LogP contribution in [-0.2, 0) is 17.9 Å². The molecule has 1 N–H and O–H groups in total. The van der Waals surface area contributed by atoms with Crippen LogP contribution in [-0.4, -0.2) is 43.8 Å². The Morgan fingerprint density at radius 2 is 2.06 bits per heavy atom. The van der Waals surface area contributed by atoms with E-state index in [1.807, 2.05) is 45.9 Å². The molecule has 0 saturated carbocycles. The minimum atomic E-state index is -0.181. The lowest BCUT2D eigenvalue weighted by Crippen LogP contribution is -2.33. The predicted octanol–water partition coefficient (Wildman–Crippen LogP) is 2.71. The van der Waals surface area contributed by atoms with E-state index < -0.39 is 0 Å². The summed E-state index contributed by atoms with van der Waals surface area (Å²) in [6.45, 7) is 8.81. The highest BCUT2D eigenvalue weighted by Gasteiger charge is 2.20. The van der Waals surface area contributed by atoms with Crippen LogP contribution in [0.1, 0.15) is 38.4 Å². The van der Waals surface area contributed by atoms with Gasteiger partial charge in [-0.3, -0.25) is 18.8 Å². The number of hydrogen-bond donors (Lipinski definition) is 1. The summed E-state index contributed by atoms with van der Waals surface area (Å²) in [4.78, 5) is 30.6. The molecule has 0 bridgehead atoms. The van der Waals surface area contributed by atoms with Crippen molar-refractivity contribution in [2.24, 2.45) is 0 Å². The van der Waals surface area contributed by atoms with Gasteiger partial charge in [0.05, 0.1) is 18.0 Å². The van der Waals surface area contributed by atoms with Crippen LogP contribution in [0, 0.1) is 6.92 Å². The number of thioether (sulfide) groups is 1. The molecule has 0 fully saturated rings. The molecule has 1 aromatic carbocycles. The fourth-order valence-electron chi connectivity index (χ4n) is 3.54. The number of carbonyl (C=O) groups excluding carboxylic acids is 1. The second kappa shape index (κ2) is 9.23. The molecule has 0 spiro atoms. The van der Waals surface area contributed by atoms with Crippen LogP contribution in [0.2, 0.25) is 0 Å². The quantitative estimate of drug-likeness (QED) is 0.410. The Bertz CT molecular complexity index is 1220. The first kappa shape index (κ1) is 22.2. The number of nitrogens with one attached hydrogen (secondary N) is 1. The molecule has 1 aliphatic rings. The number of hydrogen-bond acceptors (Lipinski definition) is 7. The van der Waals surface area contributed by atoms with Crippen LogP contribution >= 0.6 is 11.8 Å². The van der Waals surface area contributed by atoms with Gasteiger partial charge < -0.3 is 14.8 Å². The summed E-state index contributed by atoms with van der Waals surface area (Å²) in [5.41, 5.74) is 2.44. The molecule has 0 saturated heterocycles. The van der Waals surface area contributed by atoms with Gasteiger partial charge in [-0.05, 0) is 44.9 Å². The van der Waals surface area contributed by atoms with Crippen LogP contribution in [0.5, 0.6) is 11.5 Å². The highest BCUT2D eigenvalue weighted by atomic mass is 32.2. The number of amides is 1. The molecular weight excluding hydrogens is 430 g/mol. The number of aromatic nitrogens is 4. The Labute approximate surface area is 190 Å². The summed E-state index contributed by atoms with van der Waals surface area (Å²) in [7, 11) is 0. The van der Waals surface area contributed by atoms with Gasteiger partial charge in [0, 0.05) is 12.6 Å². The Balaban J connectivity index is 1.72. The van der Waals surface area contributed by atoms with Gasteiger partial charge in [0.15, 0.2) is 22.2 Å². The Morgan fingerprint density at radius 3 is 2.81 bits per heavy atom. The second-order valence-electron chi connectivity index (χ2n) is 7.74. The maximum atomic E-state index is 13.5. The van der Waals surface area contributed by atoms with Crippen LogP contribution in [0.4, 0.5) is 0 Å². The van der Waals surface area contributed by atoms with E-state index in [-0.39, 0.29) is 30.1 Å². The van der Waals surface area contributed by atoms with Gasteiger partial charge >= 0.3 is 0 Å². The van der Waals surface area contributed by atoms with Crippen molar-refractivity contribution in [2.45, 2.75) is 58.4 Å². The molecule has 0 unspecified atom stereocenters. The fourth-order valence-corrected chi connectivity index (χ4v) is 4.34. The van der Waals surface area contributed by atoms with Crippen molar-refractivity contribution in [3.05, 3.63) is 39.8 Å². The van der Waals surface area contributed by atoms with E-state index >= 15 is 0 Å². The zero-order chi connectivity index (χ0) is 22.8. The van der Waals surface area contributed by atoms with Crippen LogP contribution < -0.4 is 20.3 Å². The molecule has 170 valence electrons. The molecule has 3 aromatic rings. The molecular formula is C22H27N5O4S. The maximum Gasteiger partial charge on any atom is 0.280 e.